The normalized spacial score (nSPS) is 15.7. The van der Waals surface area contributed by atoms with Crippen LogP contribution in [0, 0.1) is 0 Å². The SMILES string of the molecule is C=Cc1ccc(C[n+]2c(/C=C3/C(=O)C(/C=C4/Sc5cc(OC)ccc5N4CCO)=C3O)sc3cc(OCc4ccccc4)ccc32)cc1. The number of allylic oxidation sites excluding steroid dienone is 3. The van der Waals surface area contributed by atoms with Crippen molar-refractivity contribution in [3.63, 3.8) is 0 Å². The predicted octanol–water partition coefficient (Wildman–Crippen LogP) is 7.69. The topological polar surface area (TPSA) is 83.1 Å². The number of fused-ring (bicyclic) bond motifs is 2. The molecule has 0 amide bonds. The molecule has 1 aromatic heterocycles. The summed E-state index contributed by atoms with van der Waals surface area (Å²) < 4.78 is 14.7. The average Bonchev–Trinajstić information content (AvgIpc) is 3.65. The Morgan fingerprint density at radius 2 is 1.73 bits per heavy atom. The third-order valence-electron chi connectivity index (χ3n) is 8.30. The Labute approximate surface area is 287 Å². The Bertz CT molecular complexity index is 2130. The molecular formula is C39H33N2O5S2+. The summed E-state index contributed by atoms with van der Waals surface area (Å²) in [6.45, 7) is 5.19. The zero-order chi connectivity index (χ0) is 33.2. The highest BCUT2D eigenvalue weighted by Crippen LogP contribution is 2.48. The number of β-amino-alcohol motifs (C(OH)–C–C–N with tert-alkyl or cyclic N) is 1. The molecule has 4 aromatic carbocycles. The van der Waals surface area contributed by atoms with Gasteiger partial charge in [0.1, 0.15) is 28.6 Å². The first-order chi connectivity index (χ1) is 23.4. The quantitative estimate of drug-likeness (QED) is 0.110. The monoisotopic (exact) mass is 673 g/mol. The minimum absolute atomic E-state index is 0.0446. The second kappa shape index (κ2) is 13.6. The van der Waals surface area contributed by atoms with E-state index in [0.717, 1.165) is 59.0 Å². The van der Waals surface area contributed by atoms with Gasteiger partial charge in [0.25, 0.3) is 5.01 Å². The number of thiazole rings is 1. The van der Waals surface area contributed by atoms with Crippen molar-refractivity contribution in [3.8, 4) is 11.5 Å². The van der Waals surface area contributed by atoms with Crippen molar-refractivity contribution < 1.29 is 29.0 Å². The van der Waals surface area contributed by atoms with Gasteiger partial charge in [0.2, 0.25) is 11.3 Å². The van der Waals surface area contributed by atoms with Crippen molar-refractivity contribution in [1.82, 2.24) is 0 Å². The van der Waals surface area contributed by atoms with Crippen molar-refractivity contribution in [3.05, 3.63) is 147 Å². The lowest BCUT2D eigenvalue weighted by molar-refractivity contribution is -0.659. The number of ether oxygens (including phenoxy) is 2. The number of aliphatic hydroxyl groups excluding tert-OH is 2. The number of benzene rings is 4. The highest BCUT2D eigenvalue weighted by molar-refractivity contribution is 8.03. The molecule has 0 saturated carbocycles. The molecule has 2 heterocycles. The number of aromatic nitrogens is 1. The number of carbonyl (C=O) groups excluding carboxylic acids is 1. The number of aliphatic hydroxyl groups is 2. The minimum atomic E-state index is -0.232. The molecule has 1 aliphatic heterocycles. The van der Waals surface area contributed by atoms with Crippen LogP contribution in [0.5, 0.6) is 11.5 Å². The van der Waals surface area contributed by atoms with E-state index in [1.807, 2.05) is 89.8 Å². The average molecular weight is 674 g/mol. The van der Waals surface area contributed by atoms with Crippen LogP contribution in [0.1, 0.15) is 21.7 Å². The van der Waals surface area contributed by atoms with Gasteiger partial charge in [0.05, 0.1) is 35.6 Å². The third kappa shape index (κ3) is 6.15. The Hall–Kier alpha value is -5.09. The van der Waals surface area contributed by atoms with Gasteiger partial charge in [0, 0.05) is 35.2 Å². The minimum Gasteiger partial charge on any atom is -0.506 e. The van der Waals surface area contributed by atoms with E-state index in [0.29, 0.717) is 19.7 Å². The molecule has 0 atom stereocenters. The zero-order valence-electron chi connectivity index (χ0n) is 26.3. The molecule has 240 valence electrons. The van der Waals surface area contributed by atoms with Gasteiger partial charge in [0.15, 0.2) is 6.54 Å². The number of nitrogens with zero attached hydrogens (tertiary/aromatic N) is 2. The second-order valence-electron chi connectivity index (χ2n) is 11.3. The number of thioether (sulfide) groups is 1. The van der Waals surface area contributed by atoms with Gasteiger partial charge < -0.3 is 24.6 Å². The van der Waals surface area contributed by atoms with E-state index in [1.54, 1.807) is 30.6 Å². The molecule has 5 aromatic rings. The van der Waals surface area contributed by atoms with E-state index in [-0.39, 0.29) is 29.3 Å². The predicted molar refractivity (Wildman–Crippen MR) is 192 cm³/mol. The van der Waals surface area contributed by atoms with Crippen LogP contribution < -0.4 is 18.9 Å². The van der Waals surface area contributed by atoms with Crippen LogP contribution in [0.15, 0.2) is 130 Å². The first-order valence-corrected chi connectivity index (χ1v) is 17.1. The molecule has 48 heavy (non-hydrogen) atoms. The molecule has 2 aliphatic rings. The number of Topliss-reactive ketones (excluding diaryl/α,β-unsaturated/α-hetero) is 1. The van der Waals surface area contributed by atoms with Gasteiger partial charge in [-0.2, -0.15) is 4.57 Å². The number of anilines is 1. The third-order valence-corrected chi connectivity index (χ3v) is 10.5. The van der Waals surface area contributed by atoms with E-state index in [9.17, 15) is 15.0 Å². The van der Waals surface area contributed by atoms with E-state index in [1.165, 1.54) is 11.8 Å². The maximum atomic E-state index is 13.6. The molecular weight excluding hydrogens is 641 g/mol. The van der Waals surface area contributed by atoms with Gasteiger partial charge in [-0.15, -0.1) is 0 Å². The highest BCUT2D eigenvalue weighted by atomic mass is 32.2. The van der Waals surface area contributed by atoms with Gasteiger partial charge in [-0.3, -0.25) is 4.79 Å². The van der Waals surface area contributed by atoms with Crippen molar-refractivity contribution in [2.75, 3.05) is 25.2 Å². The van der Waals surface area contributed by atoms with Crippen molar-refractivity contribution in [2.24, 2.45) is 0 Å². The van der Waals surface area contributed by atoms with Crippen LogP contribution in [0.2, 0.25) is 0 Å². The summed E-state index contributed by atoms with van der Waals surface area (Å²) in [4.78, 5) is 16.5. The highest BCUT2D eigenvalue weighted by Gasteiger charge is 2.36. The second-order valence-corrected chi connectivity index (χ2v) is 13.4. The smallest absolute Gasteiger partial charge is 0.263 e. The lowest BCUT2D eigenvalue weighted by atomic mass is 9.88. The molecule has 0 fully saturated rings. The summed E-state index contributed by atoms with van der Waals surface area (Å²) in [7, 11) is 1.62. The largest absolute Gasteiger partial charge is 0.506 e. The molecule has 1 aliphatic carbocycles. The fourth-order valence-corrected chi connectivity index (χ4v) is 8.03. The Morgan fingerprint density at radius 1 is 0.938 bits per heavy atom. The Balaban J connectivity index is 1.22. The fraction of sp³-hybridized carbons (Fsp3) is 0.128. The van der Waals surface area contributed by atoms with Crippen LogP contribution in [0.3, 0.4) is 0 Å². The number of carbonyl (C=O) groups is 1. The van der Waals surface area contributed by atoms with Gasteiger partial charge >= 0.3 is 0 Å². The van der Waals surface area contributed by atoms with E-state index in [4.69, 9.17) is 9.47 Å². The number of ketones is 1. The van der Waals surface area contributed by atoms with Crippen molar-refractivity contribution in [1.29, 1.82) is 0 Å². The lowest BCUT2D eigenvalue weighted by Crippen LogP contribution is -2.36. The van der Waals surface area contributed by atoms with E-state index in [2.05, 4.69) is 23.3 Å². The standard InChI is InChI=1S/C39H32N2O5S2/c1-3-25-9-11-26(12-10-25)23-41-33-16-14-29(46-24-27-7-5-4-6-8-27)20-35(33)48-37(41)22-31-38(43)30(39(31)44)21-36-40(17-18-42)32-15-13-28(45-2)19-34(32)47-36/h3-16,19-22,42H,1,17-18,23-24H2,2H3/p+1. The zero-order valence-corrected chi connectivity index (χ0v) is 27.9. The summed E-state index contributed by atoms with van der Waals surface area (Å²) in [6.07, 6.45) is 5.30. The van der Waals surface area contributed by atoms with Crippen molar-refractivity contribution in [2.45, 2.75) is 18.0 Å². The van der Waals surface area contributed by atoms with E-state index < -0.39 is 0 Å². The fourth-order valence-electron chi connectivity index (χ4n) is 5.74. The Kier molecular flexibility index (Phi) is 8.90. The van der Waals surface area contributed by atoms with E-state index >= 15 is 0 Å². The van der Waals surface area contributed by atoms with Crippen LogP contribution >= 0.6 is 23.1 Å². The Morgan fingerprint density at radius 3 is 2.46 bits per heavy atom. The number of hydrogen-bond acceptors (Lipinski definition) is 8. The molecule has 7 nitrogen and oxygen atoms in total. The molecule has 0 bridgehead atoms. The summed E-state index contributed by atoms with van der Waals surface area (Å²) >= 11 is 3.01. The van der Waals surface area contributed by atoms with Crippen LogP contribution in [-0.4, -0.2) is 36.3 Å². The molecule has 2 N–H and O–H groups in total. The first kappa shape index (κ1) is 31.5. The summed E-state index contributed by atoms with van der Waals surface area (Å²) in [5.41, 5.74) is 5.65. The van der Waals surface area contributed by atoms with Crippen LogP contribution in [-0.2, 0) is 17.9 Å². The van der Waals surface area contributed by atoms with Crippen molar-refractivity contribution >= 4 is 56.9 Å². The van der Waals surface area contributed by atoms with Gasteiger partial charge in [-0.1, -0.05) is 90.4 Å². The molecule has 9 heteroatoms. The number of methoxy groups -OCH3 is 1. The maximum Gasteiger partial charge on any atom is 0.263 e. The molecule has 0 unspecified atom stereocenters. The number of hydrogen-bond donors (Lipinski definition) is 2. The molecule has 0 saturated heterocycles. The molecule has 0 spiro atoms. The molecule has 7 rings (SSSR count). The number of rotatable bonds is 11. The summed E-state index contributed by atoms with van der Waals surface area (Å²) in [6, 6.07) is 30.0. The molecule has 0 radical (unpaired) electrons. The summed E-state index contributed by atoms with van der Waals surface area (Å²) in [5, 5.41) is 22.6. The van der Waals surface area contributed by atoms with Gasteiger partial charge in [-0.05, 0) is 41.5 Å². The van der Waals surface area contributed by atoms with Crippen LogP contribution in [0.4, 0.5) is 5.69 Å². The first-order valence-electron chi connectivity index (χ1n) is 15.5. The maximum absolute atomic E-state index is 13.6. The van der Waals surface area contributed by atoms with Gasteiger partial charge in [-0.25, -0.2) is 0 Å². The van der Waals surface area contributed by atoms with Crippen LogP contribution in [0.25, 0.3) is 22.4 Å². The summed E-state index contributed by atoms with van der Waals surface area (Å²) in [5.74, 6) is 1.20. The lowest BCUT2D eigenvalue weighted by Gasteiger charge is -2.22.